The molecule has 3 aliphatic heterocycles. The maximum Gasteiger partial charge on any atom is 0.477 e. The maximum atomic E-state index is 13.8. The molecular formula is C32H38BNO7S. The average Bonchev–Trinajstić information content (AvgIpc) is 3.74. The first-order chi connectivity index (χ1) is 20.1. The Morgan fingerprint density at radius 3 is 2.79 bits per heavy atom. The Morgan fingerprint density at radius 2 is 1.98 bits per heavy atom. The molecule has 1 aromatic heterocycles. The number of fused-ring (bicyclic) bond motifs is 3. The van der Waals surface area contributed by atoms with E-state index in [1.165, 1.54) is 0 Å². The van der Waals surface area contributed by atoms with E-state index >= 15 is 0 Å². The van der Waals surface area contributed by atoms with E-state index in [0.717, 1.165) is 52.5 Å². The Morgan fingerprint density at radius 1 is 1.12 bits per heavy atom. The highest BCUT2D eigenvalue weighted by molar-refractivity contribution is 7.88. The predicted molar refractivity (Wildman–Crippen MR) is 158 cm³/mol. The molecule has 4 heterocycles. The Hall–Kier alpha value is -2.21. The molecule has 0 radical (unpaired) electrons. The summed E-state index contributed by atoms with van der Waals surface area (Å²) in [7, 11) is -4.47. The van der Waals surface area contributed by atoms with E-state index in [1.807, 2.05) is 42.5 Å². The van der Waals surface area contributed by atoms with Crippen molar-refractivity contribution < 1.29 is 31.6 Å². The number of rotatable bonds is 7. The molecule has 5 fully saturated rings. The number of furan rings is 1. The monoisotopic (exact) mass is 591 g/mol. The minimum Gasteiger partial charge on any atom is -0.464 e. The molecular weight excluding hydrogens is 553 g/mol. The fourth-order valence-electron chi connectivity index (χ4n) is 8.61. The van der Waals surface area contributed by atoms with E-state index in [0.29, 0.717) is 38.1 Å². The summed E-state index contributed by atoms with van der Waals surface area (Å²) in [5.41, 5.74) is 3.87. The Kier molecular flexibility index (Phi) is 6.12. The molecule has 2 aromatic carbocycles. The van der Waals surface area contributed by atoms with Gasteiger partial charge >= 0.3 is 7.12 Å². The SMILES string of the molecule is CC1(C)[C@@H]2C[C@H]3OB([C@H](Cc4coc5ccccc45)NS(=O)(=O)Cc4ccc5c(c4)C4(CCOC4)OC5)O[C@@]3(C)[C@H]1C2. The molecule has 8 nitrogen and oxygen atoms in total. The first-order valence-corrected chi connectivity index (χ1v) is 16.8. The molecule has 6 aliphatic rings. The molecule has 10 heteroatoms. The van der Waals surface area contributed by atoms with Crippen LogP contribution in [0.4, 0.5) is 0 Å². The average molecular weight is 592 g/mol. The van der Waals surface area contributed by atoms with Crippen molar-refractivity contribution in [1.82, 2.24) is 4.72 Å². The van der Waals surface area contributed by atoms with Gasteiger partial charge in [0, 0.05) is 18.4 Å². The largest absolute Gasteiger partial charge is 0.477 e. The minimum absolute atomic E-state index is 0.0473. The molecule has 3 aromatic rings. The van der Waals surface area contributed by atoms with Crippen LogP contribution in [0.1, 0.15) is 62.3 Å². The Balaban J connectivity index is 1.08. The van der Waals surface area contributed by atoms with Gasteiger partial charge in [-0.1, -0.05) is 50.2 Å². The Labute approximate surface area is 247 Å². The molecule has 222 valence electrons. The van der Waals surface area contributed by atoms with Crippen LogP contribution in [-0.2, 0) is 53.2 Å². The molecule has 1 N–H and O–H groups in total. The summed E-state index contributed by atoms with van der Waals surface area (Å²) in [6, 6.07) is 13.7. The lowest BCUT2D eigenvalue weighted by Crippen LogP contribution is -2.65. The fourth-order valence-corrected chi connectivity index (χ4v) is 9.97. The molecule has 2 saturated heterocycles. The summed E-state index contributed by atoms with van der Waals surface area (Å²) in [5, 5.41) is 0.967. The summed E-state index contributed by atoms with van der Waals surface area (Å²) in [4.78, 5) is 0. The highest BCUT2D eigenvalue weighted by Gasteiger charge is 2.68. The van der Waals surface area contributed by atoms with E-state index in [-0.39, 0.29) is 17.3 Å². The second kappa shape index (κ2) is 9.40. The minimum atomic E-state index is -3.77. The third kappa shape index (κ3) is 4.17. The van der Waals surface area contributed by atoms with E-state index in [1.54, 1.807) is 6.26 Å². The molecule has 1 spiro atoms. The van der Waals surface area contributed by atoms with Crippen LogP contribution in [0.15, 0.2) is 53.1 Å². The van der Waals surface area contributed by atoms with Gasteiger partial charge in [-0.2, -0.15) is 0 Å². The van der Waals surface area contributed by atoms with Gasteiger partial charge in [0.05, 0.1) is 42.9 Å². The van der Waals surface area contributed by atoms with E-state index in [2.05, 4.69) is 25.5 Å². The summed E-state index contributed by atoms with van der Waals surface area (Å²) in [5.74, 6) is 0.218. The number of hydrogen-bond acceptors (Lipinski definition) is 7. The lowest BCUT2D eigenvalue weighted by Gasteiger charge is -2.64. The predicted octanol–water partition coefficient (Wildman–Crippen LogP) is 4.88. The van der Waals surface area contributed by atoms with Gasteiger partial charge in [-0.15, -0.1) is 0 Å². The topological polar surface area (TPSA) is 96.2 Å². The zero-order chi connectivity index (χ0) is 28.9. The highest BCUT2D eigenvalue weighted by Crippen LogP contribution is 2.65. The van der Waals surface area contributed by atoms with Crippen molar-refractivity contribution in [3.8, 4) is 0 Å². The molecule has 9 rings (SSSR count). The van der Waals surface area contributed by atoms with Crippen molar-refractivity contribution in [2.24, 2.45) is 17.3 Å². The molecule has 2 bridgehead atoms. The lowest BCUT2D eigenvalue weighted by atomic mass is 9.43. The number of sulfonamides is 1. The van der Waals surface area contributed by atoms with Crippen LogP contribution in [0.25, 0.3) is 11.0 Å². The van der Waals surface area contributed by atoms with Crippen LogP contribution in [0, 0.1) is 17.3 Å². The fraction of sp³-hybridized carbons (Fsp3) is 0.562. The number of ether oxygens (including phenoxy) is 2. The van der Waals surface area contributed by atoms with Crippen molar-refractivity contribution in [3.63, 3.8) is 0 Å². The van der Waals surface area contributed by atoms with E-state index in [4.69, 9.17) is 23.2 Å². The lowest BCUT2D eigenvalue weighted by molar-refractivity contribution is -0.199. The quantitative estimate of drug-likeness (QED) is 0.392. The summed E-state index contributed by atoms with van der Waals surface area (Å²) in [6.45, 7) is 8.49. The van der Waals surface area contributed by atoms with Crippen molar-refractivity contribution in [1.29, 1.82) is 0 Å². The summed E-state index contributed by atoms with van der Waals surface area (Å²) >= 11 is 0. The molecule has 6 atom stereocenters. The van der Waals surface area contributed by atoms with Crippen molar-refractivity contribution in [3.05, 3.63) is 71.0 Å². The summed E-state index contributed by atoms with van der Waals surface area (Å²) in [6.07, 6.45) is 4.91. The van der Waals surface area contributed by atoms with Crippen LogP contribution in [0.2, 0.25) is 0 Å². The number of nitrogens with one attached hydrogen (secondary N) is 1. The van der Waals surface area contributed by atoms with Crippen LogP contribution in [-0.4, -0.2) is 46.4 Å². The van der Waals surface area contributed by atoms with E-state index < -0.39 is 34.3 Å². The van der Waals surface area contributed by atoms with Gasteiger partial charge in [0.2, 0.25) is 10.0 Å². The van der Waals surface area contributed by atoms with Crippen molar-refractivity contribution in [2.75, 3.05) is 13.2 Å². The number of hydrogen-bond donors (Lipinski definition) is 1. The van der Waals surface area contributed by atoms with E-state index in [9.17, 15) is 8.42 Å². The van der Waals surface area contributed by atoms with Crippen molar-refractivity contribution in [2.45, 2.75) is 82.1 Å². The molecule has 3 aliphatic carbocycles. The number of para-hydroxylation sites is 1. The van der Waals surface area contributed by atoms with Crippen LogP contribution in [0.5, 0.6) is 0 Å². The van der Waals surface area contributed by atoms with Crippen LogP contribution in [0.3, 0.4) is 0 Å². The third-order valence-electron chi connectivity index (χ3n) is 11.1. The van der Waals surface area contributed by atoms with Gasteiger partial charge < -0.3 is 23.2 Å². The third-order valence-corrected chi connectivity index (χ3v) is 12.5. The van der Waals surface area contributed by atoms with Gasteiger partial charge in [0.1, 0.15) is 11.2 Å². The van der Waals surface area contributed by atoms with Crippen LogP contribution < -0.4 is 4.72 Å². The number of benzene rings is 2. The standard InChI is InChI=1S/C32H38BNO7S/c1-30(2)23-14-27(30)31(3)28(15-23)40-33(41-31)29(13-22-16-38-26-7-5-4-6-24(22)26)34-42(35,36)18-20-8-9-21-17-39-32(25(21)12-20)10-11-37-19-32/h4-9,12,16,23,27-29,34H,10-11,13-15,17-19H2,1-3H3/t23-,27-,28+,29-,31-,32?/m0/s1. The zero-order valence-electron chi connectivity index (χ0n) is 24.4. The smallest absolute Gasteiger partial charge is 0.464 e. The second-order valence-electron chi connectivity index (χ2n) is 13.9. The second-order valence-corrected chi connectivity index (χ2v) is 15.6. The van der Waals surface area contributed by atoms with Gasteiger partial charge in [0.25, 0.3) is 0 Å². The van der Waals surface area contributed by atoms with Gasteiger partial charge in [-0.3, -0.25) is 0 Å². The van der Waals surface area contributed by atoms with Crippen molar-refractivity contribution >= 4 is 28.1 Å². The van der Waals surface area contributed by atoms with Gasteiger partial charge in [-0.25, -0.2) is 13.1 Å². The molecule has 1 unspecified atom stereocenters. The first kappa shape index (κ1) is 27.4. The van der Waals surface area contributed by atoms with Crippen LogP contribution >= 0.6 is 0 Å². The Bertz CT molecular complexity index is 1650. The maximum absolute atomic E-state index is 13.8. The van der Waals surface area contributed by atoms with Gasteiger partial charge in [-0.05, 0) is 71.8 Å². The summed E-state index contributed by atoms with van der Waals surface area (Å²) < 4.78 is 61.7. The molecule has 0 amide bonds. The normalized spacial score (nSPS) is 33.6. The first-order valence-electron chi connectivity index (χ1n) is 15.2. The van der Waals surface area contributed by atoms with Gasteiger partial charge in [0.15, 0.2) is 0 Å². The molecule has 3 saturated carbocycles. The zero-order valence-corrected chi connectivity index (χ0v) is 25.2. The molecule has 42 heavy (non-hydrogen) atoms. The highest BCUT2D eigenvalue weighted by atomic mass is 32.2.